The van der Waals surface area contributed by atoms with E-state index >= 15 is 0 Å². The van der Waals surface area contributed by atoms with E-state index in [4.69, 9.17) is 16.7 Å². The molecule has 0 saturated heterocycles. The number of rotatable bonds is 3. The normalized spacial score (nSPS) is 22.2. The van der Waals surface area contributed by atoms with Gasteiger partial charge in [0.2, 0.25) is 0 Å². The molecule has 0 heterocycles. The molecule has 0 spiro atoms. The Morgan fingerprint density at radius 2 is 2.11 bits per heavy atom. The molecule has 2 atom stereocenters. The third-order valence-corrected chi connectivity index (χ3v) is 4.61. The first-order valence-electron chi connectivity index (χ1n) is 5.96. The summed E-state index contributed by atoms with van der Waals surface area (Å²) in [4.78, 5) is 22.9. The molecular weight excluding hydrogens is 334 g/mol. The molecule has 1 fully saturated rings. The zero-order chi connectivity index (χ0) is 14.0. The second-order valence-electron chi connectivity index (χ2n) is 4.62. The van der Waals surface area contributed by atoms with Crippen molar-refractivity contribution in [2.45, 2.75) is 25.3 Å². The first-order chi connectivity index (χ1) is 8.99. The van der Waals surface area contributed by atoms with Crippen molar-refractivity contribution in [2.75, 3.05) is 0 Å². The molecule has 2 unspecified atom stereocenters. The molecule has 102 valence electrons. The summed E-state index contributed by atoms with van der Waals surface area (Å²) in [7, 11) is 0. The number of carboxylic acids is 1. The van der Waals surface area contributed by atoms with Crippen LogP contribution in [0.15, 0.2) is 22.7 Å². The number of halogens is 2. The summed E-state index contributed by atoms with van der Waals surface area (Å²) < 4.78 is 0.664. The molecule has 2 N–H and O–H groups in total. The maximum absolute atomic E-state index is 12.1. The van der Waals surface area contributed by atoms with E-state index in [0.29, 0.717) is 34.3 Å². The van der Waals surface area contributed by atoms with Gasteiger partial charge in [-0.3, -0.25) is 9.59 Å². The lowest BCUT2D eigenvalue weighted by molar-refractivity contribution is -0.141. The summed E-state index contributed by atoms with van der Waals surface area (Å²) in [6, 6.07) is 5.05. The van der Waals surface area contributed by atoms with Crippen LogP contribution in [0.25, 0.3) is 0 Å². The molecule has 1 aromatic carbocycles. The van der Waals surface area contributed by atoms with Gasteiger partial charge in [0.05, 0.1) is 16.5 Å². The van der Waals surface area contributed by atoms with Crippen molar-refractivity contribution >= 4 is 39.4 Å². The third-order valence-electron chi connectivity index (χ3n) is 3.31. The minimum atomic E-state index is -0.794. The van der Waals surface area contributed by atoms with Crippen LogP contribution in [0.4, 0.5) is 0 Å². The van der Waals surface area contributed by atoms with Crippen molar-refractivity contribution < 1.29 is 14.7 Å². The van der Waals surface area contributed by atoms with E-state index in [-0.39, 0.29) is 17.9 Å². The predicted octanol–water partition coefficient (Wildman–Crippen LogP) is 3.09. The number of hydrogen-bond donors (Lipinski definition) is 2. The molecule has 1 aromatic rings. The average molecular weight is 347 g/mol. The molecule has 0 aliphatic heterocycles. The Morgan fingerprint density at radius 1 is 1.37 bits per heavy atom. The fourth-order valence-corrected chi connectivity index (χ4v) is 2.86. The summed E-state index contributed by atoms with van der Waals surface area (Å²) in [6.45, 7) is 0. The maximum atomic E-state index is 12.1. The van der Waals surface area contributed by atoms with Crippen LogP contribution in [0.5, 0.6) is 0 Å². The van der Waals surface area contributed by atoms with Crippen molar-refractivity contribution in [1.29, 1.82) is 0 Å². The van der Waals surface area contributed by atoms with Gasteiger partial charge in [0.1, 0.15) is 0 Å². The van der Waals surface area contributed by atoms with Gasteiger partial charge < -0.3 is 10.4 Å². The number of carbonyl (C=O) groups is 2. The lowest BCUT2D eigenvalue weighted by Crippen LogP contribution is -2.33. The lowest BCUT2D eigenvalue weighted by atomic mass is 10.1. The Bertz CT molecular complexity index is 521. The number of amides is 1. The first-order valence-corrected chi connectivity index (χ1v) is 7.14. The monoisotopic (exact) mass is 345 g/mol. The second kappa shape index (κ2) is 5.92. The van der Waals surface area contributed by atoms with E-state index in [2.05, 4.69) is 21.2 Å². The van der Waals surface area contributed by atoms with E-state index < -0.39 is 5.97 Å². The van der Waals surface area contributed by atoms with Crippen LogP contribution in [-0.4, -0.2) is 23.0 Å². The zero-order valence-electron chi connectivity index (χ0n) is 10.0. The maximum Gasteiger partial charge on any atom is 0.306 e. The second-order valence-corrected chi connectivity index (χ2v) is 5.85. The van der Waals surface area contributed by atoms with Crippen LogP contribution in [-0.2, 0) is 4.79 Å². The Kier molecular flexibility index (Phi) is 4.47. The van der Waals surface area contributed by atoms with Gasteiger partial charge in [-0.2, -0.15) is 0 Å². The highest BCUT2D eigenvalue weighted by Gasteiger charge is 2.30. The fraction of sp³-hybridized carbons (Fsp3) is 0.385. The number of aliphatic carboxylic acids is 1. The predicted molar refractivity (Wildman–Crippen MR) is 75.4 cm³/mol. The Hall–Kier alpha value is -1.07. The summed E-state index contributed by atoms with van der Waals surface area (Å²) in [5.74, 6) is -1.41. The van der Waals surface area contributed by atoms with Crippen molar-refractivity contribution in [1.82, 2.24) is 5.32 Å². The smallest absolute Gasteiger partial charge is 0.306 e. The quantitative estimate of drug-likeness (QED) is 0.884. The molecule has 1 aliphatic carbocycles. The van der Waals surface area contributed by atoms with Gasteiger partial charge in [-0.15, -0.1) is 0 Å². The van der Waals surface area contributed by atoms with Crippen LogP contribution in [0, 0.1) is 5.92 Å². The average Bonchev–Trinajstić information content (AvgIpc) is 2.81. The van der Waals surface area contributed by atoms with Gasteiger partial charge in [-0.1, -0.05) is 17.7 Å². The third kappa shape index (κ3) is 3.28. The molecule has 2 rings (SSSR count). The Morgan fingerprint density at radius 3 is 2.74 bits per heavy atom. The van der Waals surface area contributed by atoms with Gasteiger partial charge in [-0.05, 0) is 47.3 Å². The van der Waals surface area contributed by atoms with E-state index in [1.165, 1.54) is 0 Å². The van der Waals surface area contributed by atoms with Crippen LogP contribution >= 0.6 is 27.5 Å². The summed E-state index contributed by atoms with van der Waals surface area (Å²) in [5, 5.41) is 12.1. The van der Waals surface area contributed by atoms with Crippen LogP contribution in [0.2, 0.25) is 5.02 Å². The van der Waals surface area contributed by atoms with Crippen LogP contribution in [0.1, 0.15) is 29.6 Å². The number of nitrogens with one attached hydrogen (secondary N) is 1. The number of benzene rings is 1. The van der Waals surface area contributed by atoms with E-state index in [1.54, 1.807) is 18.2 Å². The molecule has 0 aromatic heterocycles. The summed E-state index contributed by atoms with van der Waals surface area (Å²) in [6.07, 6.45) is 1.77. The molecule has 1 aliphatic rings. The van der Waals surface area contributed by atoms with Gasteiger partial charge in [0.15, 0.2) is 0 Å². The van der Waals surface area contributed by atoms with Crippen molar-refractivity contribution in [3.8, 4) is 0 Å². The molecule has 6 heteroatoms. The molecule has 0 radical (unpaired) electrons. The molecular formula is C13H13BrClNO3. The fourth-order valence-electron chi connectivity index (χ4n) is 2.28. The summed E-state index contributed by atoms with van der Waals surface area (Å²) in [5.41, 5.74) is 0.398. The summed E-state index contributed by atoms with van der Waals surface area (Å²) >= 11 is 9.32. The zero-order valence-corrected chi connectivity index (χ0v) is 12.4. The minimum Gasteiger partial charge on any atom is -0.481 e. The Balaban J connectivity index is 2.02. The highest BCUT2D eigenvalue weighted by molar-refractivity contribution is 9.10. The van der Waals surface area contributed by atoms with Crippen molar-refractivity contribution in [3.63, 3.8) is 0 Å². The Labute approximate surface area is 124 Å². The molecule has 0 bridgehead atoms. The van der Waals surface area contributed by atoms with E-state index in [0.717, 1.165) is 0 Å². The molecule has 1 saturated carbocycles. The standard InChI is InChI=1S/C13H13BrClNO3/c14-10-3-1-2-9(11(10)15)12(17)16-8-5-4-7(6-8)13(18)19/h1-3,7-8H,4-6H2,(H,16,17)(H,18,19). The van der Waals surface area contributed by atoms with E-state index in [9.17, 15) is 9.59 Å². The number of hydrogen-bond acceptors (Lipinski definition) is 2. The first kappa shape index (κ1) is 14.3. The highest BCUT2D eigenvalue weighted by Crippen LogP contribution is 2.28. The van der Waals surface area contributed by atoms with E-state index in [1.807, 2.05) is 0 Å². The molecule has 1 amide bonds. The van der Waals surface area contributed by atoms with Crippen molar-refractivity contribution in [3.05, 3.63) is 33.3 Å². The van der Waals surface area contributed by atoms with Gasteiger partial charge in [-0.25, -0.2) is 0 Å². The number of carbonyl (C=O) groups excluding carboxylic acids is 1. The molecule has 4 nitrogen and oxygen atoms in total. The van der Waals surface area contributed by atoms with Gasteiger partial charge >= 0.3 is 5.97 Å². The minimum absolute atomic E-state index is 0.0938. The van der Waals surface area contributed by atoms with Crippen LogP contribution in [0.3, 0.4) is 0 Å². The molecule has 19 heavy (non-hydrogen) atoms. The SMILES string of the molecule is O=C(NC1CCC(C(=O)O)C1)c1cccc(Br)c1Cl. The van der Waals surface area contributed by atoms with Gasteiger partial charge in [0, 0.05) is 10.5 Å². The van der Waals surface area contributed by atoms with Gasteiger partial charge in [0.25, 0.3) is 5.91 Å². The number of carboxylic acid groups (broad SMARTS) is 1. The highest BCUT2D eigenvalue weighted by atomic mass is 79.9. The largest absolute Gasteiger partial charge is 0.481 e. The van der Waals surface area contributed by atoms with Crippen LogP contribution < -0.4 is 5.32 Å². The van der Waals surface area contributed by atoms with Crippen molar-refractivity contribution in [2.24, 2.45) is 5.92 Å². The topological polar surface area (TPSA) is 66.4 Å². The lowest BCUT2D eigenvalue weighted by Gasteiger charge is -2.13.